The zero-order valence-electron chi connectivity index (χ0n) is 17.6. The van der Waals surface area contributed by atoms with Crippen LogP contribution >= 0.6 is 11.6 Å². The van der Waals surface area contributed by atoms with Gasteiger partial charge in [-0.25, -0.2) is 4.98 Å². The summed E-state index contributed by atoms with van der Waals surface area (Å²) in [6.07, 6.45) is -1.36. The van der Waals surface area contributed by atoms with Gasteiger partial charge in [-0.15, -0.1) is 0 Å². The molecule has 2 aromatic heterocycles. The molecule has 33 heavy (non-hydrogen) atoms. The first-order valence-electron chi connectivity index (χ1n) is 9.87. The number of fused-ring (bicyclic) bond motifs is 1. The van der Waals surface area contributed by atoms with Crippen LogP contribution < -0.4 is 16.0 Å². The third-order valence-corrected chi connectivity index (χ3v) is 5.46. The number of H-pyrrole nitrogens is 1. The van der Waals surface area contributed by atoms with Crippen molar-refractivity contribution in [2.45, 2.75) is 13.1 Å². The number of halogens is 4. The Kier molecular flexibility index (Phi) is 5.90. The number of nitrogens with one attached hydrogen (secondary N) is 4. The molecule has 4 rings (SSSR count). The van der Waals surface area contributed by atoms with Crippen LogP contribution in [0.5, 0.6) is 0 Å². The predicted molar refractivity (Wildman–Crippen MR) is 125 cm³/mol. The molecule has 4 aromatic rings. The summed E-state index contributed by atoms with van der Waals surface area (Å²) < 4.78 is 39.5. The molecule has 0 bridgehead atoms. The lowest BCUT2D eigenvalue weighted by molar-refractivity contribution is -0.137. The van der Waals surface area contributed by atoms with Crippen molar-refractivity contribution in [3.63, 3.8) is 0 Å². The van der Waals surface area contributed by atoms with E-state index in [0.29, 0.717) is 28.3 Å². The lowest BCUT2D eigenvalue weighted by Gasteiger charge is -2.15. The highest BCUT2D eigenvalue weighted by Gasteiger charge is 2.33. The van der Waals surface area contributed by atoms with Crippen molar-refractivity contribution >= 4 is 51.3 Å². The Labute approximate surface area is 192 Å². The molecule has 170 valence electrons. The van der Waals surface area contributed by atoms with Gasteiger partial charge in [-0.05, 0) is 48.9 Å². The van der Waals surface area contributed by atoms with Gasteiger partial charge in [-0.2, -0.15) is 13.2 Å². The molecule has 10 heteroatoms. The van der Waals surface area contributed by atoms with Crippen molar-refractivity contribution in [3.05, 3.63) is 76.6 Å². The van der Waals surface area contributed by atoms with Crippen LogP contribution in [0.3, 0.4) is 0 Å². The van der Waals surface area contributed by atoms with Gasteiger partial charge in [0.2, 0.25) is 0 Å². The molecule has 0 aliphatic heterocycles. The SMILES string of the molecule is CNc1c(C(=O)Nc2cc(Nc3ccc(Cl)c(C(F)(F)F)c3)ccc2C)cnc2[nH]ccc12. The van der Waals surface area contributed by atoms with Crippen molar-refractivity contribution < 1.29 is 18.0 Å². The van der Waals surface area contributed by atoms with E-state index in [2.05, 4.69) is 25.9 Å². The number of anilines is 4. The van der Waals surface area contributed by atoms with Crippen LogP contribution in [-0.2, 0) is 6.18 Å². The maximum atomic E-state index is 13.2. The van der Waals surface area contributed by atoms with Crippen molar-refractivity contribution in [1.29, 1.82) is 0 Å². The van der Waals surface area contributed by atoms with Gasteiger partial charge in [0.1, 0.15) is 5.65 Å². The molecule has 0 spiro atoms. The molecule has 0 saturated heterocycles. The number of aromatic amines is 1. The van der Waals surface area contributed by atoms with Crippen LogP contribution in [0.1, 0.15) is 21.5 Å². The molecule has 0 saturated carbocycles. The van der Waals surface area contributed by atoms with Gasteiger partial charge in [-0.1, -0.05) is 17.7 Å². The summed E-state index contributed by atoms with van der Waals surface area (Å²) in [7, 11) is 1.72. The Balaban J connectivity index is 1.60. The van der Waals surface area contributed by atoms with E-state index in [-0.39, 0.29) is 16.6 Å². The topological polar surface area (TPSA) is 81.8 Å². The Bertz CT molecular complexity index is 1350. The molecule has 0 radical (unpaired) electrons. The zero-order chi connectivity index (χ0) is 23.8. The van der Waals surface area contributed by atoms with Crippen molar-refractivity contribution in [3.8, 4) is 0 Å². The van der Waals surface area contributed by atoms with Crippen LogP contribution in [0.4, 0.5) is 35.9 Å². The normalized spacial score (nSPS) is 11.5. The molecule has 2 heterocycles. The number of nitrogens with zero attached hydrogens (tertiary/aromatic N) is 1. The largest absolute Gasteiger partial charge is 0.417 e. The van der Waals surface area contributed by atoms with Gasteiger partial charge in [0.25, 0.3) is 5.91 Å². The molecule has 0 atom stereocenters. The molecule has 0 aliphatic rings. The molecular formula is C23H19ClF3N5O. The van der Waals surface area contributed by atoms with E-state index in [9.17, 15) is 18.0 Å². The number of amides is 1. The number of aryl methyl sites for hydroxylation is 1. The van der Waals surface area contributed by atoms with Crippen molar-refractivity contribution in [1.82, 2.24) is 9.97 Å². The number of benzene rings is 2. The average Bonchev–Trinajstić information content (AvgIpc) is 3.24. The summed E-state index contributed by atoms with van der Waals surface area (Å²) in [5, 5.41) is 9.23. The maximum absolute atomic E-state index is 13.2. The van der Waals surface area contributed by atoms with E-state index in [1.165, 1.54) is 18.3 Å². The Morgan fingerprint density at radius 1 is 1.09 bits per heavy atom. The van der Waals surface area contributed by atoms with Crippen LogP contribution in [0.25, 0.3) is 11.0 Å². The molecular weight excluding hydrogens is 455 g/mol. The fourth-order valence-corrected chi connectivity index (χ4v) is 3.69. The monoisotopic (exact) mass is 473 g/mol. The third-order valence-electron chi connectivity index (χ3n) is 5.13. The summed E-state index contributed by atoms with van der Waals surface area (Å²) in [6, 6.07) is 10.5. The maximum Gasteiger partial charge on any atom is 0.417 e. The lowest BCUT2D eigenvalue weighted by Crippen LogP contribution is -2.15. The number of hydrogen-bond donors (Lipinski definition) is 4. The van der Waals surface area contributed by atoms with Gasteiger partial charge < -0.3 is 20.9 Å². The Hall–Kier alpha value is -3.72. The van der Waals surface area contributed by atoms with E-state index in [0.717, 1.165) is 17.0 Å². The average molecular weight is 474 g/mol. The third kappa shape index (κ3) is 4.58. The Morgan fingerprint density at radius 2 is 1.82 bits per heavy atom. The summed E-state index contributed by atoms with van der Waals surface area (Å²) in [5.74, 6) is -0.374. The van der Waals surface area contributed by atoms with E-state index in [4.69, 9.17) is 11.6 Å². The highest BCUT2D eigenvalue weighted by molar-refractivity contribution is 6.31. The van der Waals surface area contributed by atoms with E-state index < -0.39 is 11.7 Å². The highest BCUT2D eigenvalue weighted by Crippen LogP contribution is 2.37. The minimum atomic E-state index is -4.57. The number of rotatable bonds is 5. The van der Waals surface area contributed by atoms with Crippen molar-refractivity contribution in [2.75, 3.05) is 23.0 Å². The fraction of sp³-hybridized carbons (Fsp3) is 0.130. The van der Waals surface area contributed by atoms with Crippen LogP contribution in [0.2, 0.25) is 5.02 Å². The quantitative estimate of drug-likeness (QED) is 0.264. The second-order valence-electron chi connectivity index (χ2n) is 7.34. The van der Waals surface area contributed by atoms with Gasteiger partial charge in [0, 0.05) is 41.9 Å². The number of carbonyl (C=O) groups is 1. The van der Waals surface area contributed by atoms with Crippen LogP contribution in [-0.4, -0.2) is 22.9 Å². The predicted octanol–water partition coefficient (Wildman–Crippen LogP) is 6.58. The second-order valence-corrected chi connectivity index (χ2v) is 7.75. The lowest BCUT2D eigenvalue weighted by atomic mass is 10.1. The molecule has 6 nitrogen and oxygen atoms in total. The standard InChI is InChI=1S/C23H19ClF3N5O/c1-12-3-4-14(31-13-5-6-18(24)17(9-13)23(25,26)27)10-19(12)32-22(33)16-11-30-21-15(7-8-29-21)20(16)28-2/h3-11,31H,1-2H3,(H,32,33)(H2,28,29,30). The van der Waals surface area contributed by atoms with E-state index >= 15 is 0 Å². The van der Waals surface area contributed by atoms with Gasteiger partial charge in [0.05, 0.1) is 21.8 Å². The van der Waals surface area contributed by atoms with E-state index in [1.54, 1.807) is 31.4 Å². The first-order chi connectivity index (χ1) is 15.7. The van der Waals surface area contributed by atoms with Crippen LogP contribution in [0.15, 0.2) is 54.9 Å². The first-order valence-corrected chi connectivity index (χ1v) is 10.2. The Morgan fingerprint density at radius 3 is 2.55 bits per heavy atom. The number of carbonyl (C=O) groups excluding carboxylic acids is 1. The molecule has 4 N–H and O–H groups in total. The summed E-state index contributed by atoms with van der Waals surface area (Å²) in [6.45, 7) is 1.82. The van der Waals surface area contributed by atoms with Gasteiger partial charge in [0.15, 0.2) is 0 Å². The van der Waals surface area contributed by atoms with Crippen LogP contribution in [0, 0.1) is 6.92 Å². The number of aromatic nitrogens is 2. The smallest absolute Gasteiger partial charge is 0.387 e. The highest BCUT2D eigenvalue weighted by atomic mass is 35.5. The number of alkyl halides is 3. The van der Waals surface area contributed by atoms with Gasteiger partial charge in [-0.3, -0.25) is 4.79 Å². The molecule has 0 fully saturated rings. The first kappa shape index (κ1) is 22.5. The van der Waals surface area contributed by atoms with E-state index in [1.807, 2.05) is 13.0 Å². The summed E-state index contributed by atoms with van der Waals surface area (Å²) in [4.78, 5) is 20.3. The summed E-state index contributed by atoms with van der Waals surface area (Å²) >= 11 is 5.69. The second kappa shape index (κ2) is 8.67. The number of pyridine rings is 1. The minimum Gasteiger partial charge on any atom is -0.387 e. The molecule has 2 aromatic carbocycles. The molecule has 0 aliphatic carbocycles. The summed E-state index contributed by atoms with van der Waals surface area (Å²) in [5.41, 5.74) is 2.71. The fourth-order valence-electron chi connectivity index (χ4n) is 3.46. The molecule has 0 unspecified atom stereocenters. The number of hydrogen-bond acceptors (Lipinski definition) is 4. The molecule has 1 amide bonds. The zero-order valence-corrected chi connectivity index (χ0v) is 18.3. The van der Waals surface area contributed by atoms with Gasteiger partial charge >= 0.3 is 6.18 Å². The van der Waals surface area contributed by atoms with Crippen molar-refractivity contribution in [2.24, 2.45) is 0 Å². The minimum absolute atomic E-state index is 0.215.